The summed E-state index contributed by atoms with van der Waals surface area (Å²) in [5.74, 6) is 0. The lowest BCUT2D eigenvalue weighted by Gasteiger charge is -2.37. The average molecular weight is 169 g/mol. The summed E-state index contributed by atoms with van der Waals surface area (Å²) in [6, 6.07) is 0. The van der Waals surface area contributed by atoms with Crippen molar-refractivity contribution in [2.24, 2.45) is 0 Å². The van der Waals surface area contributed by atoms with Crippen molar-refractivity contribution in [3.63, 3.8) is 0 Å². The first-order valence-electron chi connectivity index (χ1n) is 4.61. The molecule has 68 valence electrons. The van der Waals surface area contributed by atoms with Gasteiger partial charge in [0.15, 0.2) is 0 Å². The number of nitrogens with zero attached hydrogens (tertiary/aromatic N) is 1. The summed E-state index contributed by atoms with van der Waals surface area (Å²) in [7, 11) is 0. The Labute approximate surface area is 72.2 Å². The second-order valence-electron chi connectivity index (χ2n) is 3.73. The molecule has 0 aromatic rings. The maximum atomic E-state index is 10.7. The second kappa shape index (κ2) is 3.03. The monoisotopic (exact) mass is 169 g/mol. The number of hydrogen-bond acceptors (Lipinski definition) is 3. The van der Waals surface area contributed by atoms with Gasteiger partial charge in [0.2, 0.25) is 6.41 Å². The minimum atomic E-state index is 0.0833. The van der Waals surface area contributed by atoms with Crippen LogP contribution in [0.4, 0.5) is 0 Å². The molecule has 0 aromatic heterocycles. The highest BCUT2D eigenvalue weighted by atomic mass is 16.2. The van der Waals surface area contributed by atoms with Crippen molar-refractivity contribution in [2.45, 2.75) is 37.6 Å². The summed E-state index contributed by atoms with van der Waals surface area (Å²) in [4.78, 5) is 10.7. The molecule has 2 fully saturated rings. The van der Waals surface area contributed by atoms with Crippen molar-refractivity contribution < 1.29 is 4.79 Å². The Kier molecular flexibility index (Phi) is 2.02. The summed E-state index contributed by atoms with van der Waals surface area (Å²) in [6.07, 6.45) is 6.96. The van der Waals surface area contributed by atoms with E-state index in [9.17, 15) is 4.79 Å². The van der Waals surface area contributed by atoms with Gasteiger partial charge in [-0.1, -0.05) is 19.3 Å². The van der Waals surface area contributed by atoms with E-state index in [1.54, 1.807) is 5.01 Å². The van der Waals surface area contributed by atoms with Crippen LogP contribution in [0, 0.1) is 0 Å². The first-order valence-corrected chi connectivity index (χ1v) is 4.61. The van der Waals surface area contributed by atoms with E-state index in [-0.39, 0.29) is 5.54 Å². The number of nitrogens with one attached hydrogen (secondary N) is 2. The number of rotatable bonds is 1. The van der Waals surface area contributed by atoms with Gasteiger partial charge in [0.25, 0.3) is 0 Å². The highest BCUT2D eigenvalue weighted by Crippen LogP contribution is 2.32. The van der Waals surface area contributed by atoms with E-state index in [2.05, 4.69) is 11.0 Å². The summed E-state index contributed by atoms with van der Waals surface area (Å²) in [5, 5.41) is 1.70. The highest BCUT2D eigenvalue weighted by molar-refractivity contribution is 5.48. The van der Waals surface area contributed by atoms with Gasteiger partial charge in [-0.3, -0.25) is 9.80 Å². The Morgan fingerprint density at radius 1 is 1.25 bits per heavy atom. The third-order valence-corrected chi connectivity index (χ3v) is 3.02. The van der Waals surface area contributed by atoms with Crippen LogP contribution in [0.1, 0.15) is 32.1 Å². The van der Waals surface area contributed by atoms with Crippen LogP contribution in [-0.2, 0) is 4.79 Å². The van der Waals surface area contributed by atoms with Crippen LogP contribution in [0.2, 0.25) is 0 Å². The quantitative estimate of drug-likeness (QED) is 0.550. The van der Waals surface area contributed by atoms with Gasteiger partial charge in [-0.25, -0.2) is 5.43 Å². The standard InChI is InChI=1S/C8H15N3O/c12-7-11-8(6-9-10-11)4-2-1-3-5-8/h7,9-10H,1-6H2. The molecule has 4 nitrogen and oxygen atoms in total. The van der Waals surface area contributed by atoms with Gasteiger partial charge in [-0.2, -0.15) is 5.53 Å². The number of amides is 1. The van der Waals surface area contributed by atoms with Crippen molar-refractivity contribution >= 4 is 6.41 Å². The fraction of sp³-hybridized carbons (Fsp3) is 0.875. The molecule has 0 unspecified atom stereocenters. The molecule has 12 heavy (non-hydrogen) atoms. The molecule has 2 aliphatic rings. The molecule has 1 spiro atoms. The third kappa shape index (κ3) is 1.11. The minimum Gasteiger partial charge on any atom is -0.277 e. The normalized spacial score (nSPS) is 27.8. The number of hydrogen-bond donors (Lipinski definition) is 2. The molecule has 2 N–H and O–H groups in total. The highest BCUT2D eigenvalue weighted by Gasteiger charge is 2.41. The smallest absolute Gasteiger partial charge is 0.225 e. The fourth-order valence-electron chi connectivity index (χ4n) is 2.26. The average Bonchev–Trinajstić information content (AvgIpc) is 2.49. The van der Waals surface area contributed by atoms with Crippen LogP contribution in [0.25, 0.3) is 0 Å². The lowest BCUT2D eigenvalue weighted by molar-refractivity contribution is -0.126. The van der Waals surface area contributed by atoms with Gasteiger partial charge in [0.1, 0.15) is 0 Å². The molecule has 4 heteroatoms. The Bertz CT molecular complexity index is 177. The molecule has 0 atom stereocenters. The largest absolute Gasteiger partial charge is 0.277 e. The van der Waals surface area contributed by atoms with E-state index >= 15 is 0 Å². The van der Waals surface area contributed by atoms with Gasteiger partial charge in [-0.15, -0.1) is 0 Å². The second-order valence-corrected chi connectivity index (χ2v) is 3.73. The Morgan fingerprint density at radius 3 is 2.67 bits per heavy atom. The number of carbonyl (C=O) groups is 1. The molecule has 0 aromatic carbocycles. The van der Waals surface area contributed by atoms with Gasteiger partial charge in [0, 0.05) is 6.54 Å². The van der Waals surface area contributed by atoms with Crippen molar-refractivity contribution in [1.29, 1.82) is 0 Å². The van der Waals surface area contributed by atoms with E-state index in [0.29, 0.717) is 0 Å². The Balaban J connectivity index is 2.10. The van der Waals surface area contributed by atoms with E-state index in [1.165, 1.54) is 19.3 Å². The summed E-state index contributed by atoms with van der Waals surface area (Å²) < 4.78 is 0. The Morgan fingerprint density at radius 2 is 2.00 bits per heavy atom. The van der Waals surface area contributed by atoms with E-state index < -0.39 is 0 Å². The first-order chi connectivity index (χ1) is 5.87. The predicted octanol–water partition coefficient (Wildman–Crippen LogP) is 0.170. The van der Waals surface area contributed by atoms with E-state index in [4.69, 9.17) is 0 Å². The van der Waals surface area contributed by atoms with Crippen LogP contribution in [0.3, 0.4) is 0 Å². The predicted molar refractivity (Wildman–Crippen MR) is 44.9 cm³/mol. The fourth-order valence-corrected chi connectivity index (χ4v) is 2.26. The first kappa shape index (κ1) is 8.01. The van der Waals surface area contributed by atoms with Crippen molar-refractivity contribution in [2.75, 3.05) is 6.54 Å². The van der Waals surface area contributed by atoms with Gasteiger partial charge in [0.05, 0.1) is 5.54 Å². The summed E-state index contributed by atoms with van der Waals surface area (Å²) in [6.45, 7) is 0.895. The molecule has 2 rings (SSSR count). The topological polar surface area (TPSA) is 44.4 Å². The molecule has 1 amide bonds. The third-order valence-electron chi connectivity index (χ3n) is 3.02. The molecule has 1 saturated heterocycles. The Hall–Kier alpha value is -0.610. The van der Waals surface area contributed by atoms with Crippen LogP contribution in [0.15, 0.2) is 0 Å². The molecule has 1 saturated carbocycles. The zero-order valence-corrected chi connectivity index (χ0v) is 7.18. The van der Waals surface area contributed by atoms with Crippen LogP contribution in [-0.4, -0.2) is 23.5 Å². The summed E-state index contributed by atoms with van der Waals surface area (Å²) in [5.41, 5.74) is 5.99. The molecular formula is C8H15N3O. The molecule has 0 bridgehead atoms. The van der Waals surface area contributed by atoms with E-state index in [1.807, 2.05) is 0 Å². The summed E-state index contributed by atoms with van der Waals surface area (Å²) >= 11 is 0. The molecule has 1 heterocycles. The SMILES string of the molecule is O=CN1NNCC12CCCCC2. The minimum absolute atomic E-state index is 0.0833. The maximum absolute atomic E-state index is 10.7. The lowest BCUT2D eigenvalue weighted by Crippen LogP contribution is -2.49. The van der Waals surface area contributed by atoms with Crippen LogP contribution in [0.5, 0.6) is 0 Å². The van der Waals surface area contributed by atoms with Crippen molar-refractivity contribution in [3.05, 3.63) is 0 Å². The van der Waals surface area contributed by atoms with E-state index in [0.717, 1.165) is 25.8 Å². The van der Waals surface area contributed by atoms with Gasteiger partial charge in [-0.05, 0) is 12.8 Å². The molecule has 1 aliphatic carbocycles. The zero-order valence-electron chi connectivity index (χ0n) is 7.18. The number of hydrazine groups is 2. The van der Waals surface area contributed by atoms with Crippen LogP contribution >= 0.6 is 0 Å². The zero-order chi connectivity index (χ0) is 8.44. The van der Waals surface area contributed by atoms with Gasteiger partial charge < -0.3 is 0 Å². The van der Waals surface area contributed by atoms with Crippen LogP contribution < -0.4 is 11.0 Å². The molecular weight excluding hydrogens is 154 g/mol. The molecule has 1 aliphatic heterocycles. The maximum Gasteiger partial charge on any atom is 0.225 e. The van der Waals surface area contributed by atoms with Crippen molar-refractivity contribution in [1.82, 2.24) is 16.0 Å². The molecule has 0 radical (unpaired) electrons. The number of carbonyl (C=O) groups excluding carboxylic acids is 1. The lowest BCUT2D eigenvalue weighted by atomic mass is 9.82. The van der Waals surface area contributed by atoms with Crippen molar-refractivity contribution in [3.8, 4) is 0 Å². The van der Waals surface area contributed by atoms with Gasteiger partial charge >= 0.3 is 0 Å².